The van der Waals surface area contributed by atoms with Crippen LogP contribution < -0.4 is 5.43 Å². The SMILES string of the molecule is Cc1ccccc1CSc1n[nH]c(N/N=C/c2cccc([N+](=O)[O-])c2)n1. The standard InChI is InChI=1S/C17H16N6O2S/c1-12-5-2-3-7-14(12)11-26-17-19-16(21-22-17)20-18-10-13-6-4-8-15(9-13)23(24)25/h2-10H,11H2,1H3,(H2,19,20,21,22)/b18-10+. The fourth-order valence-corrected chi connectivity index (χ4v) is 3.04. The monoisotopic (exact) mass is 368 g/mol. The van der Waals surface area contributed by atoms with E-state index in [1.54, 1.807) is 12.1 Å². The maximum absolute atomic E-state index is 10.8. The Labute approximate surface area is 153 Å². The zero-order chi connectivity index (χ0) is 18.4. The zero-order valence-corrected chi connectivity index (χ0v) is 14.7. The maximum Gasteiger partial charge on any atom is 0.270 e. The van der Waals surface area contributed by atoms with Gasteiger partial charge in [-0.3, -0.25) is 10.1 Å². The van der Waals surface area contributed by atoms with E-state index in [0.29, 0.717) is 16.7 Å². The van der Waals surface area contributed by atoms with Crippen LogP contribution in [0.1, 0.15) is 16.7 Å². The molecule has 3 aromatic rings. The number of nitrogens with zero attached hydrogens (tertiary/aromatic N) is 4. The molecule has 0 saturated heterocycles. The Kier molecular flexibility index (Phi) is 5.59. The van der Waals surface area contributed by atoms with Gasteiger partial charge in [0.1, 0.15) is 0 Å². The molecular weight excluding hydrogens is 352 g/mol. The zero-order valence-electron chi connectivity index (χ0n) is 13.9. The highest BCUT2D eigenvalue weighted by molar-refractivity contribution is 7.98. The molecule has 0 spiro atoms. The number of aromatic amines is 1. The second-order valence-corrected chi connectivity index (χ2v) is 6.35. The first-order valence-electron chi connectivity index (χ1n) is 7.75. The minimum Gasteiger partial charge on any atom is -0.258 e. The van der Waals surface area contributed by atoms with Crippen LogP contribution in [-0.4, -0.2) is 26.3 Å². The van der Waals surface area contributed by atoms with Gasteiger partial charge in [0.25, 0.3) is 5.69 Å². The van der Waals surface area contributed by atoms with Gasteiger partial charge in [-0.2, -0.15) is 10.1 Å². The van der Waals surface area contributed by atoms with Crippen molar-refractivity contribution in [1.82, 2.24) is 15.2 Å². The first kappa shape index (κ1) is 17.6. The van der Waals surface area contributed by atoms with Gasteiger partial charge in [-0.1, -0.05) is 48.2 Å². The molecule has 2 aromatic carbocycles. The predicted molar refractivity (Wildman–Crippen MR) is 101 cm³/mol. The van der Waals surface area contributed by atoms with Crippen LogP contribution in [0.3, 0.4) is 0 Å². The van der Waals surface area contributed by atoms with Crippen LogP contribution in [0.2, 0.25) is 0 Å². The lowest BCUT2D eigenvalue weighted by Crippen LogP contribution is -1.94. The Hall–Kier alpha value is -3.20. The van der Waals surface area contributed by atoms with E-state index in [1.807, 2.05) is 12.1 Å². The molecule has 0 unspecified atom stereocenters. The van der Waals surface area contributed by atoms with Crippen molar-refractivity contribution in [2.45, 2.75) is 17.8 Å². The van der Waals surface area contributed by atoms with Crippen LogP contribution in [0.5, 0.6) is 0 Å². The third kappa shape index (κ3) is 4.67. The van der Waals surface area contributed by atoms with Gasteiger partial charge in [0, 0.05) is 23.4 Å². The number of anilines is 1. The van der Waals surface area contributed by atoms with Crippen molar-refractivity contribution in [2.75, 3.05) is 5.43 Å². The molecule has 0 atom stereocenters. The van der Waals surface area contributed by atoms with E-state index < -0.39 is 4.92 Å². The van der Waals surface area contributed by atoms with E-state index in [-0.39, 0.29) is 5.69 Å². The molecule has 1 aromatic heterocycles. The molecule has 0 radical (unpaired) electrons. The lowest BCUT2D eigenvalue weighted by atomic mass is 10.1. The number of nitrogens with one attached hydrogen (secondary N) is 2. The van der Waals surface area contributed by atoms with Crippen molar-refractivity contribution >= 4 is 29.6 Å². The number of hydrogen-bond donors (Lipinski definition) is 2. The normalized spacial score (nSPS) is 11.0. The predicted octanol–water partition coefficient (Wildman–Crippen LogP) is 3.76. The average Bonchev–Trinajstić information content (AvgIpc) is 3.09. The molecule has 0 amide bonds. The number of hydrazone groups is 1. The second kappa shape index (κ2) is 8.26. The summed E-state index contributed by atoms with van der Waals surface area (Å²) in [6.07, 6.45) is 1.48. The number of thioether (sulfide) groups is 1. The van der Waals surface area contributed by atoms with Gasteiger partial charge in [-0.05, 0) is 18.1 Å². The van der Waals surface area contributed by atoms with E-state index in [2.05, 4.69) is 44.8 Å². The Morgan fingerprint density at radius 1 is 1.31 bits per heavy atom. The van der Waals surface area contributed by atoms with Crippen molar-refractivity contribution in [3.05, 3.63) is 75.3 Å². The molecule has 0 fully saturated rings. The van der Waals surface area contributed by atoms with E-state index in [0.717, 1.165) is 5.75 Å². The van der Waals surface area contributed by atoms with Crippen LogP contribution in [0.15, 0.2) is 58.8 Å². The van der Waals surface area contributed by atoms with E-state index in [4.69, 9.17) is 0 Å². The summed E-state index contributed by atoms with van der Waals surface area (Å²) in [4.78, 5) is 14.6. The van der Waals surface area contributed by atoms with Crippen molar-refractivity contribution in [3.8, 4) is 0 Å². The van der Waals surface area contributed by atoms with Crippen LogP contribution in [-0.2, 0) is 5.75 Å². The highest BCUT2D eigenvalue weighted by Gasteiger charge is 2.06. The number of non-ortho nitro benzene ring substituents is 1. The fourth-order valence-electron chi connectivity index (χ4n) is 2.16. The van der Waals surface area contributed by atoms with E-state index in [9.17, 15) is 10.1 Å². The number of hydrogen-bond acceptors (Lipinski definition) is 7. The smallest absolute Gasteiger partial charge is 0.258 e. The summed E-state index contributed by atoms with van der Waals surface area (Å²) in [5.41, 5.74) is 5.83. The number of nitro benzene ring substituents is 1. The molecule has 0 saturated carbocycles. The summed E-state index contributed by atoms with van der Waals surface area (Å²) in [5.74, 6) is 1.18. The Morgan fingerprint density at radius 2 is 2.15 bits per heavy atom. The number of aromatic nitrogens is 3. The first-order valence-corrected chi connectivity index (χ1v) is 8.73. The summed E-state index contributed by atoms with van der Waals surface area (Å²) in [6, 6.07) is 14.4. The third-order valence-corrected chi connectivity index (χ3v) is 4.44. The molecular formula is C17H16N6O2S. The average molecular weight is 368 g/mol. The molecule has 0 aliphatic heterocycles. The molecule has 2 N–H and O–H groups in total. The van der Waals surface area contributed by atoms with E-state index in [1.165, 1.54) is 41.2 Å². The van der Waals surface area contributed by atoms with Crippen LogP contribution >= 0.6 is 11.8 Å². The Bertz CT molecular complexity index is 940. The minimum atomic E-state index is -0.445. The van der Waals surface area contributed by atoms with E-state index >= 15 is 0 Å². The lowest BCUT2D eigenvalue weighted by Gasteiger charge is -2.02. The van der Waals surface area contributed by atoms with Crippen molar-refractivity contribution in [3.63, 3.8) is 0 Å². The Morgan fingerprint density at radius 3 is 2.96 bits per heavy atom. The van der Waals surface area contributed by atoms with Gasteiger partial charge in [-0.25, -0.2) is 10.5 Å². The van der Waals surface area contributed by atoms with Crippen molar-refractivity contribution < 1.29 is 4.92 Å². The molecule has 8 nitrogen and oxygen atoms in total. The molecule has 26 heavy (non-hydrogen) atoms. The van der Waals surface area contributed by atoms with Gasteiger partial charge in [0.2, 0.25) is 11.1 Å². The second-order valence-electron chi connectivity index (χ2n) is 5.40. The molecule has 132 valence electrons. The van der Waals surface area contributed by atoms with Crippen molar-refractivity contribution in [2.24, 2.45) is 5.10 Å². The van der Waals surface area contributed by atoms with Crippen LogP contribution in [0.25, 0.3) is 0 Å². The molecule has 0 bridgehead atoms. The first-order chi connectivity index (χ1) is 12.6. The quantitative estimate of drug-likeness (QED) is 0.284. The number of aryl methyl sites for hydroxylation is 1. The minimum absolute atomic E-state index is 0.0171. The number of benzene rings is 2. The highest BCUT2D eigenvalue weighted by atomic mass is 32.2. The summed E-state index contributed by atoms with van der Waals surface area (Å²) in [5, 5.41) is 22.3. The largest absolute Gasteiger partial charge is 0.270 e. The summed E-state index contributed by atoms with van der Waals surface area (Å²) in [7, 11) is 0. The van der Waals surface area contributed by atoms with Gasteiger partial charge in [0.05, 0.1) is 11.1 Å². The van der Waals surface area contributed by atoms with Gasteiger partial charge >= 0.3 is 0 Å². The maximum atomic E-state index is 10.8. The number of nitro groups is 1. The summed E-state index contributed by atoms with van der Waals surface area (Å²) in [6.45, 7) is 2.07. The highest BCUT2D eigenvalue weighted by Crippen LogP contribution is 2.21. The van der Waals surface area contributed by atoms with Gasteiger partial charge in [0.15, 0.2) is 0 Å². The van der Waals surface area contributed by atoms with Crippen molar-refractivity contribution in [1.29, 1.82) is 0 Å². The molecule has 3 rings (SSSR count). The third-order valence-electron chi connectivity index (χ3n) is 3.55. The van der Waals surface area contributed by atoms with Gasteiger partial charge < -0.3 is 0 Å². The topological polar surface area (TPSA) is 109 Å². The van der Waals surface area contributed by atoms with Crippen LogP contribution in [0.4, 0.5) is 11.6 Å². The number of rotatable bonds is 7. The lowest BCUT2D eigenvalue weighted by molar-refractivity contribution is -0.384. The Balaban J connectivity index is 1.56. The molecule has 0 aliphatic rings. The summed E-state index contributed by atoms with van der Waals surface area (Å²) < 4.78 is 0. The number of H-pyrrole nitrogens is 1. The van der Waals surface area contributed by atoms with Gasteiger partial charge in [-0.15, -0.1) is 5.10 Å². The summed E-state index contributed by atoms with van der Waals surface area (Å²) >= 11 is 1.52. The molecule has 9 heteroatoms. The molecule has 1 heterocycles. The molecule has 0 aliphatic carbocycles. The fraction of sp³-hybridized carbons (Fsp3) is 0.118. The van der Waals surface area contributed by atoms with Crippen LogP contribution in [0, 0.1) is 17.0 Å².